The van der Waals surface area contributed by atoms with Gasteiger partial charge < -0.3 is 9.94 Å². The van der Waals surface area contributed by atoms with Gasteiger partial charge in [-0.3, -0.25) is 0 Å². The van der Waals surface area contributed by atoms with Crippen LogP contribution in [0.4, 0.5) is 4.39 Å². The monoisotopic (exact) mass is 397 g/mol. The number of oxime groups is 1. The Balaban J connectivity index is 1.84. The van der Waals surface area contributed by atoms with Crippen molar-refractivity contribution >= 4 is 35.2 Å². The van der Waals surface area contributed by atoms with Crippen LogP contribution < -0.4 is 0 Å². The number of nitrogens with zero attached hydrogens (tertiary/aromatic N) is 1. The van der Waals surface area contributed by atoms with Crippen molar-refractivity contribution in [1.82, 2.24) is 0 Å². The van der Waals surface area contributed by atoms with Crippen LogP contribution in [0.1, 0.15) is 35.1 Å². The van der Waals surface area contributed by atoms with Crippen molar-refractivity contribution in [3.8, 4) is 0 Å². The van der Waals surface area contributed by atoms with E-state index >= 15 is 0 Å². The molecule has 5 heteroatoms. The zero-order valence-electron chi connectivity index (χ0n) is 16.1. The maximum Gasteiger partial charge on any atom is 0.137 e. The van der Waals surface area contributed by atoms with Crippen LogP contribution in [-0.4, -0.2) is 30.8 Å². The Bertz CT molecular complexity index is 934. The zero-order chi connectivity index (χ0) is 19.9. The summed E-state index contributed by atoms with van der Waals surface area (Å²) in [7, 11) is 0. The minimum Gasteiger partial charge on any atom is -0.396 e. The highest BCUT2D eigenvalue weighted by Crippen LogP contribution is 2.38. The molecule has 0 saturated heterocycles. The lowest BCUT2D eigenvalue weighted by Gasteiger charge is -2.07. The number of hydrogen-bond acceptors (Lipinski definition) is 4. The molecular formula is C23H24FNO2S. The maximum atomic E-state index is 14.3. The summed E-state index contributed by atoms with van der Waals surface area (Å²) in [5.74, 6) is -0.186. The molecule has 0 saturated carbocycles. The Morgan fingerprint density at radius 1 is 1.21 bits per heavy atom. The van der Waals surface area contributed by atoms with E-state index in [4.69, 9.17) is 9.94 Å². The summed E-state index contributed by atoms with van der Waals surface area (Å²) in [6.45, 7) is 2.54. The zero-order valence-corrected chi connectivity index (χ0v) is 16.9. The SMILES string of the molecule is CSc1cc(C)c(/C=C2/C=C(CCON=CCCO)c3ccccc32)cc1F. The van der Waals surface area contributed by atoms with Crippen molar-refractivity contribution in [1.29, 1.82) is 0 Å². The number of aliphatic hydroxyl groups excluding tert-OH is 1. The summed E-state index contributed by atoms with van der Waals surface area (Å²) >= 11 is 1.42. The minimum atomic E-state index is -0.186. The topological polar surface area (TPSA) is 41.8 Å². The summed E-state index contributed by atoms with van der Waals surface area (Å²) in [6, 6.07) is 11.7. The van der Waals surface area contributed by atoms with Crippen LogP contribution in [0.2, 0.25) is 0 Å². The molecule has 0 amide bonds. The molecule has 3 rings (SSSR count). The normalized spacial score (nSPS) is 14.6. The van der Waals surface area contributed by atoms with Gasteiger partial charge in [0.25, 0.3) is 0 Å². The fourth-order valence-corrected chi connectivity index (χ4v) is 3.75. The number of aryl methyl sites for hydroxylation is 1. The van der Waals surface area contributed by atoms with Crippen molar-refractivity contribution in [3.63, 3.8) is 0 Å². The molecule has 0 aliphatic heterocycles. The van der Waals surface area contributed by atoms with E-state index in [-0.39, 0.29) is 12.4 Å². The fourth-order valence-electron chi connectivity index (χ4n) is 3.21. The van der Waals surface area contributed by atoms with Crippen molar-refractivity contribution in [2.75, 3.05) is 19.5 Å². The van der Waals surface area contributed by atoms with E-state index in [9.17, 15) is 4.39 Å². The Labute approximate surface area is 169 Å². The molecule has 0 atom stereocenters. The number of allylic oxidation sites excluding steroid dienone is 2. The third-order valence-electron chi connectivity index (χ3n) is 4.64. The molecule has 146 valence electrons. The first-order chi connectivity index (χ1) is 13.6. The largest absolute Gasteiger partial charge is 0.396 e. The van der Waals surface area contributed by atoms with Gasteiger partial charge in [0.15, 0.2) is 0 Å². The number of fused-ring (bicyclic) bond motifs is 1. The van der Waals surface area contributed by atoms with Gasteiger partial charge in [0.1, 0.15) is 12.4 Å². The molecule has 0 aromatic heterocycles. The highest BCUT2D eigenvalue weighted by atomic mass is 32.2. The van der Waals surface area contributed by atoms with Gasteiger partial charge in [-0.25, -0.2) is 4.39 Å². The molecule has 1 aliphatic rings. The maximum absolute atomic E-state index is 14.3. The third kappa shape index (κ3) is 4.72. The Morgan fingerprint density at radius 2 is 2.00 bits per heavy atom. The number of halogens is 1. The van der Waals surface area contributed by atoms with E-state index in [1.807, 2.05) is 31.4 Å². The van der Waals surface area contributed by atoms with Gasteiger partial charge in [0, 0.05) is 30.6 Å². The lowest BCUT2D eigenvalue weighted by molar-refractivity contribution is 0.151. The molecule has 0 spiro atoms. The van der Waals surface area contributed by atoms with E-state index in [0.717, 1.165) is 28.7 Å². The number of aliphatic hydroxyl groups is 1. The van der Waals surface area contributed by atoms with Gasteiger partial charge in [-0.15, -0.1) is 11.8 Å². The molecular weight excluding hydrogens is 373 g/mol. The molecule has 0 radical (unpaired) electrons. The average Bonchev–Trinajstić information content (AvgIpc) is 3.05. The Kier molecular flexibility index (Phi) is 7.06. The quantitative estimate of drug-likeness (QED) is 0.274. The van der Waals surface area contributed by atoms with E-state index in [2.05, 4.69) is 29.4 Å². The number of benzene rings is 2. The van der Waals surface area contributed by atoms with E-state index < -0.39 is 0 Å². The summed E-state index contributed by atoms with van der Waals surface area (Å²) in [6.07, 6.45) is 8.86. The lowest BCUT2D eigenvalue weighted by atomic mass is 10.0. The van der Waals surface area contributed by atoms with Gasteiger partial charge in [-0.1, -0.05) is 35.5 Å². The van der Waals surface area contributed by atoms with Crippen molar-refractivity contribution in [2.45, 2.75) is 24.7 Å². The van der Waals surface area contributed by atoms with Gasteiger partial charge in [0.2, 0.25) is 0 Å². The number of rotatable bonds is 8. The summed E-state index contributed by atoms with van der Waals surface area (Å²) in [5, 5.41) is 12.6. The molecule has 1 N–H and O–H groups in total. The van der Waals surface area contributed by atoms with Crippen molar-refractivity contribution < 1.29 is 14.3 Å². The molecule has 3 nitrogen and oxygen atoms in total. The van der Waals surface area contributed by atoms with Crippen LogP contribution in [0.3, 0.4) is 0 Å². The van der Waals surface area contributed by atoms with Crippen LogP contribution in [0.15, 0.2) is 52.5 Å². The van der Waals surface area contributed by atoms with Gasteiger partial charge in [-0.2, -0.15) is 0 Å². The number of thioether (sulfide) groups is 1. The molecule has 0 heterocycles. The van der Waals surface area contributed by atoms with E-state index in [1.54, 1.807) is 12.3 Å². The van der Waals surface area contributed by atoms with Crippen LogP contribution in [0.25, 0.3) is 17.2 Å². The number of hydrogen-bond donors (Lipinski definition) is 1. The first-order valence-electron chi connectivity index (χ1n) is 9.25. The van der Waals surface area contributed by atoms with Gasteiger partial charge in [0.05, 0.1) is 0 Å². The van der Waals surface area contributed by atoms with Crippen molar-refractivity contribution in [2.24, 2.45) is 5.16 Å². The Morgan fingerprint density at radius 3 is 2.75 bits per heavy atom. The molecule has 2 aromatic rings. The standard InChI is InChI=1S/C23H24FNO2S/c1-16-12-23(28-2)22(24)15-18(16)14-19-13-17(8-11-27-25-9-5-10-26)20-6-3-4-7-21(19)20/h3-4,6-7,9,12-15,26H,5,8,10-11H2,1-2H3/b19-14-,25-9?. The molecule has 28 heavy (non-hydrogen) atoms. The first-order valence-corrected chi connectivity index (χ1v) is 10.5. The average molecular weight is 398 g/mol. The second kappa shape index (κ2) is 9.71. The smallest absolute Gasteiger partial charge is 0.137 e. The highest BCUT2D eigenvalue weighted by Gasteiger charge is 2.18. The predicted octanol–water partition coefficient (Wildman–Crippen LogP) is 5.57. The van der Waals surface area contributed by atoms with Crippen LogP contribution in [0, 0.1) is 12.7 Å². The molecule has 2 aromatic carbocycles. The third-order valence-corrected chi connectivity index (χ3v) is 5.39. The fraction of sp³-hybridized carbons (Fsp3) is 0.261. The van der Waals surface area contributed by atoms with Gasteiger partial charge in [-0.05, 0) is 64.8 Å². The summed E-state index contributed by atoms with van der Waals surface area (Å²) in [4.78, 5) is 5.94. The molecule has 0 bridgehead atoms. The molecule has 1 aliphatic carbocycles. The molecule has 0 fully saturated rings. The lowest BCUT2D eigenvalue weighted by Crippen LogP contribution is -1.92. The van der Waals surface area contributed by atoms with Crippen molar-refractivity contribution in [3.05, 3.63) is 70.5 Å². The van der Waals surface area contributed by atoms with Gasteiger partial charge >= 0.3 is 0 Å². The second-order valence-corrected chi connectivity index (χ2v) is 7.39. The Hall–Kier alpha value is -2.37. The first kappa shape index (κ1) is 20.4. The van der Waals surface area contributed by atoms with E-state index in [1.165, 1.54) is 22.9 Å². The second-order valence-electron chi connectivity index (χ2n) is 6.54. The minimum absolute atomic E-state index is 0.0669. The van der Waals surface area contributed by atoms with Crippen LogP contribution >= 0.6 is 11.8 Å². The molecule has 0 unspecified atom stereocenters. The predicted molar refractivity (Wildman–Crippen MR) is 116 cm³/mol. The van der Waals surface area contributed by atoms with Crippen LogP contribution in [0.5, 0.6) is 0 Å². The van der Waals surface area contributed by atoms with E-state index in [0.29, 0.717) is 17.9 Å². The van der Waals surface area contributed by atoms with Crippen LogP contribution in [-0.2, 0) is 4.84 Å². The highest BCUT2D eigenvalue weighted by molar-refractivity contribution is 7.98. The summed E-state index contributed by atoms with van der Waals surface area (Å²) < 4.78 is 14.3. The summed E-state index contributed by atoms with van der Waals surface area (Å²) in [5.41, 5.74) is 6.53.